The predicted molar refractivity (Wildman–Crippen MR) is 64.1 cm³/mol. The third-order valence-corrected chi connectivity index (χ3v) is 3.98. The molecule has 1 heterocycles. The molecule has 0 saturated carbocycles. The van der Waals surface area contributed by atoms with E-state index in [0.717, 1.165) is 7.58 Å². The molecule has 0 unspecified atom stereocenters. The van der Waals surface area contributed by atoms with Crippen molar-refractivity contribution in [2.75, 3.05) is 0 Å². The highest BCUT2D eigenvalue weighted by molar-refractivity contribution is 14.1. The molecule has 4 heteroatoms. The van der Waals surface area contributed by atoms with Crippen LogP contribution in [0.15, 0.2) is 18.2 Å². The Morgan fingerprint density at radius 1 is 1.46 bits per heavy atom. The molecular weight excluding hydrogens is 322 g/mol. The normalized spacial score (nSPS) is 11.0. The molecule has 0 aliphatic heterocycles. The van der Waals surface area contributed by atoms with Gasteiger partial charge in [0, 0.05) is 15.6 Å². The van der Waals surface area contributed by atoms with Crippen molar-refractivity contribution in [2.45, 2.75) is 5.88 Å². The molecule has 2 aromatic rings. The maximum atomic E-state index is 13.6. The van der Waals surface area contributed by atoms with Crippen molar-refractivity contribution in [3.8, 4) is 0 Å². The topological polar surface area (TPSA) is 0 Å². The highest BCUT2D eigenvalue weighted by Gasteiger charge is 2.08. The maximum Gasteiger partial charge on any atom is 0.136 e. The van der Waals surface area contributed by atoms with Gasteiger partial charge >= 0.3 is 0 Å². The van der Waals surface area contributed by atoms with E-state index >= 15 is 0 Å². The molecule has 0 atom stereocenters. The summed E-state index contributed by atoms with van der Waals surface area (Å²) in [4.78, 5) is 0. The minimum absolute atomic E-state index is 0.174. The van der Waals surface area contributed by atoms with Gasteiger partial charge in [0.2, 0.25) is 0 Å². The monoisotopic (exact) mass is 326 g/mol. The van der Waals surface area contributed by atoms with Crippen LogP contribution in [0.5, 0.6) is 0 Å². The van der Waals surface area contributed by atoms with Gasteiger partial charge in [0.05, 0.1) is 8.76 Å². The summed E-state index contributed by atoms with van der Waals surface area (Å²) in [6, 6.07) is 5.52. The molecule has 0 nitrogen and oxygen atoms in total. The molecule has 0 aliphatic carbocycles. The Morgan fingerprint density at radius 3 is 2.92 bits per heavy atom. The molecule has 0 saturated heterocycles. The highest BCUT2D eigenvalue weighted by atomic mass is 127. The van der Waals surface area contributed by atoms with E-state index in [2.05, 4.69) is 22.6 Å². The first-order valence-electron chi connectivity index (χ1n) is 3.65. The molecule has 13 heavy (non-hydrogen) atoms. The van der Waals surface area contributed by atoms with Crippen LogP contribution in [0.2, 0.25) is 0 Å². The number of alkyl halides is 1. The number of hydrogen-bond donors (Lipinski definition) is 0. The zero-order chi connectivity index (χ0) is 9.42. The molecule has 1 aromatic heterocycles. The number of hydrogen-bond acceptors (Lipinski definition) is 1. The molecular formula is C9H5ClFIS. The summed E-state index contributed by atoms with van der Waals surface area (Å²) in [7, 11) is 0. The van der Waals surface area contributed by atoms with Crippen LogP contribution in [0.25, 0.3) is 10.1 Å². The number of thiophene rings is 1. The van der Waals surface area contributed by atoms with E-state index in [9.17, 15) is 4.39 Å². The van der Waals surface area contributed by atoms with E-state index in [4.69, 9.17) is 11.6 Å². The van der Waals surface area contributed by atoms with Gasteiger partial charge in [0.25, 0.3) is 0 Å². The van der Waals surface area contributed by atoms with Gasteiger partial charge in [0.15, 0.2) is 0 Å². The van der Waals surface area contributed by atoms with Gasteiger partial charge in [-0.15, -0.1) is 22.9 Å². The van der Waals surface area contributed by atoms with E-state index in [1.807, 2.05) is 12.1 Å². The van der Waals surface area contributed by atoms with Crippen molar-refractivity contribution in [1.29, 1.82) is 0 Å². The van der Waals surface area contributed by atoms with Gasteiger partial charge in [-0.25, -0.2) is 4.39 Å². The fourth-order valence-electron chi connectivity index (χ4n) is 1.20. The lowest BCUT2D eigenvalue weighted by Crippen LogP contribution is -1.84. The van der Waals surface area contributed by atoms with Gasteiger partial charge in [-0.1, -0.05) is 6.07 Å². The summed E-state index contributed by atoms with van der Waals surface area (Å²) < 4.78 is 15.7. The fraction of sp³-hybridized carbons (Fsp3) is 0.111. The first-order valence-corrected chi connectivity index (χ1v) is 6.07. The summed E-state index contributed by atoms with van der Waals surface area (Å²) in [6.45, 7) is 0. The average Bonchev–Trinajstić information content (AvgIpc) is 2.47. The Labute approximate surface area is 97.8 Å². The van der Waals surface area contributed by atoms with Crippen molar-refractivity contribution >= 4 is 55.6 Å². The van der Waals surface area contributed by atoms with Crippen molar-refractivity contribution in [3.05, 3.63) is 32.5 Å². The molecule has 0 fully saturated rings. The van der Waals surface area contributed by atoms with Crippen LogP contribution >= 0.6 is 45.5 Å². The average molecular weight is 327 g/mol. The van der Waals surface area contributed by atoms with Gasteiger partial charge in [-0.05, 0) is 34.7 Å². The molecule has 0 aliphatic rings. The number of fused-ring (bicyclic) bond motifs is 1. The Morgan fingerprint density at radius 2 is 2.23 bits per heavy atom. The van der Waals surface area contributed by atoms with Gasteiger partial charge in [0.1, 0.15) is 5.82 Å². The van der Waals surface area contributed by atoms with Crippen molar-refractivity contribution in [1.82, 2.24) is 0 Å². The SMILES string of the molecule is Fc1c(CCl)ccc2sc(I)cc12. The van der Waals surface area contributed by atoms with Crippen LogP contribution in [0.4, 0.5) is 4.39 Å². The zero-order valence-corrected chi connectivity index (χ0v) is 10.2. The third kappa shape index (κ3) is 1.69. The van der Waals surface area contributed by atoms with E-state index in [1.54, 1.807) is 17.4 Å². The van der Waals surface area contributed by atoms with Crippen LogP contribution in [0, 0.1) is 8.70 Å². The van der Waals surface area contributed by atoms with Crippen LogP contribution in [-0.2, 0) is 5.88 Å². The second-order valence-corrected chi connectivity index (χ2v) is 5.88. The number of halogens is 3. The Hall–Kier alpha value is 0.130. The summed E-state index contributed by atoms with van der Waals surface area (Å²) in [5.74, 6) is 0.0560. The van der Waals surface area contributed by atoms with E-state index in [-0.39, 0.29) is 11.7 Å². The Kier molecular flexibility index (Phi) is 2.76. The summed E-state index contributed by atoms with van der Waals surface area (Å²) in [5.41, 5.74) is 0.573. The van der Waals surface area contributed by atoms with Crippen LogP contribution < -0.4 is 0 Å². The van der Waals surface area contributed by atoms with Gasteiger partial charge in [-0.3, -0.25) is 0 Å². The molecule has 68 valence electrons. The van der Waals surface area contributed by atoms with Crippen LogP contribution in [-0.4, -0.2) is 0 Å². The van der Waals surface area contributed by atoms with Crippen molar-refractivity contribution < 1.29 is 4.39 Å². The lowest BCUT2D eigenvalue weighted by atomic mass is 10.2. The predicted octanol–water partition coefficient (Wildman–Crippen LogP) is 4.38. The molecule has 0 spiro atoms. The molecule has 1 aromatic carbocycles. The minimum atomic E-state index is -0.174. The first-order chi connectivity index (χ1) is 6.22. The quantitative estimate of drug-likeness (QED) is 0.539. The number of rotatable bonds is 1. The Bertz CT molecular complexity index is 452. The highest BCUT2D eigenvalue weighted by Crippen LogP contribution is 2.30. The molecule has 0 bridgehead atoms. The lowest BCUT2D eigenvalue weighted by molar-refractivity contribution is 0.629. The standard InChI is InChI=1S/C9H5ClFIS/c10-4-5-1-2-7-6(9(5)11)3-8(12)13-7/h1-3H,4H2. The second-order valence-electron chi connectivity index (χ2n) is 2.63. The second kappa shape index (κ2) is 3.71. The van der Waals surface area contributed by atoms with Crippen molar-refractivity contribution in [2.24, 2.45) is 0 Å². The summed E-state index contributed by atoms with van der Waals surface area (Å²) in [5, 5.41) is 0.688. The smallest absolute Gasteiger partial charge is 0.136 e. The summed E-state index contributed by atoms with van der Waals surface area (Å²) in [6.07, 6.45) is 0. The minimum Gasteiger partial charge on any atom is -0.206 e. The Balaban J connectivity index is 2.78. The lowest BCUT2D eigenvalue weighted by Gasteiger charge is -1.98. The van der Waals surface area contributed by atoms with Crippen LogP contribution in [0.1, 0.15) is 5.56 Å². The molecule has 2 rings (SSSR count). The van der Waals surface area contributed by atoms with E-state index < -0.39 is 0 Å². The summed E-state index contributed by atoms with van der Waals surface area (Å²) >= 11 is 9.38. The molecule has 0 radical (unpaired) electrons. The first kappa shape index (κ1) is 9.68. The van der Waals surface area contributed by atoms with Crippen molar-refractivity contribution in [3.63, 3.8) is 0 Å². The van der Waals surface area contributed by atoms with E-state index in [1.165, 1.54) is 0 Å². The maximum absolute atomic E-state index is 13.6. The molecule has 0 amide bonds. The largest absolute Gasteiger partial charge is 0.206 e. The van der Waals surface area contributed by atoms with Gasteiger partial charge in [-0.2, -0.15) is 0 Å². The van der Waals surface area contributed by atoms with Gasteiger partial charge < -0.3 is 0 Å². The zero-order valence-electron chi connectivity index (χ0n) is 6.48. The van der Waals surface area contributed by atoms with Crippen LogP contribution in [0.3, 0.4) is 0 Å². The third-order valence-electron chi connectivity index (χ3n) is 1.83. The number of benzene rings is 1. The molecule has 0 N–H and O–H groups in total. The van der Waals surface area contributed by atoms with E-state index in [0.29, 0.717) is 10.9 Å². The fourth-order valence-corrected chi connectivity index (χ4v) is 3.21.